The SMILES string of the molecule is Cc1cc(O[C@@H]2CCN(C(=O)Cc3cccs3)C2)nc(C)n1. The van der Waals surface area contributed by atoms with Crippen molar-refractivity contribution in [2.45, 2.75) is 32.8 Å². The molecule has 1 amide bonds. The normalized spacial score (nSPS) is 17.7. The number of amides is 1. The van der Waals surface area contributed by atoms with Gasteiger partial charge in [-0.15, -0.1) is 11.3 Å². The fraction of sp³-hybridized carbons (Fsp3) is 0.438. The predicted molar refractivity (Wildman–Crippen MR) is 85.1 cm³/mol. The number of nitrogens with zero attached hydrogens (tertiary/aromatic N) is 3. The third-order valence-corrected chi connectivity index (χ3v) is 4.51. The minimum atomic E-state index is 0.0148. The summed E-state index contributed by atoms with van der Waals surface area (Å²) >= 11 is 1.62. The number of thiophene rings is 1. The fourth-order valence-electron chi connectivity index (χ4n) is 2.64. The molecule has 1 atom stereocenters. The van der Waals surface area contributed by atoms with Crippen LogP contribution in [0.4, 0.5) is 0 Å². The summed E-state index contributed by atoms with van der Waals surface area (Å²) in [5.41, 5.74) is 0.895. The van der Waals surface area contributed by atoms with Gasteiger partial charge in [-0.2, -0.15) is 4.98 Å². The van der Waals surface area contributed by atoms with Crippen molar-refractivity contribution in [3.63, 3.8) is 0 Å². The molecule has 3 rings (SSSR count). The van der Waals surface area contributed by atoms with Crippen molar-refractivity contribution in [2.75, 3.05) is 13.1 Å². The highest BCUT2D eigenvalue weighted by Crippen LogP contribution is 2.19. The lowest BCUT2D eigenvalue weighted by Crippen LogP contribution is -2.32. The lowest BCUT2D eigenvalue weighted by Gasteiger charge is -2.17. The van der Waals surface area contributed by atoms with E-state index in [1.165, 1.54) is 0 Å². The Kier molecular flexibility index (Phi) is 4.38. The van der Waals surface area contributed by atoms with Gasteiger partial charge in [0.15, 0.2) is 0 Å². The molecule has 1 aliphatic rings. The summed E-state index contributed by atoms with van der Waals surface area (Å²) in [6.45, 7) is 5.16. The number of aromatic nitrogens is 2. The predicted octanol–water partition coefficient (Wildman–Crippen LogP) is 2.38. The van der Waals surface area contributed by atoms with Gasteiger partial charge in [-0.3, -0.25) is 4.79 Å². The molecule has 116 valence electrons. The van der Waals surface area contributed by atoms with Crippen molar-refractivity contribution >= 4 is 17.2 Å². The molecule has 1 aliphatic heterocycles. The molecule has 0 saturated carbocycles. The Morgan fingerprint density at radius 1 is 1.45 bits per heavy atom. The molecule has 2 aromatic heterocycles. The lowest BCUT2D eigenvalue weighted by molar-refractivity contribution is -0.129. The third kappa shape index (κ3) is 3.62. The van der Waals surface area contributed by atoms with Gasteiger partial charge in [0, 0.05) is 29.6 Å². The minimum Gasteiger partial charge on any atom is -0.472 e. The minimum absolute atomic E-state index is 0.0148. The Morgan fingerprint density at radius 3 is 3.05 bits per heavy atom. The summed E-state index contributed by atoms with van der Waals surface area (Å²) in [7, 11) is 0. The van der Waals surface area contributed by atoms with Gasteiger partial charge >= 0.3 is 0 Å². The van der Waals surface area contributed by atoms with Crippen molar-refractivity contribution in [2.24, 2.45) is 0 Å². The molecule has 0 radical (unpaired) electrons. The van der Waals surface area contributed by atoms with Crippen molar-refractivity contribution in [1.82, 2.24) is 14.9 Å². The second-order valence-corrected chi connectivity index (χ2v) is 6.55. The van der Waals surface area contributed by atoms with E-state index in [9.17, 15) is 4.79 Å². The number of aryl methyl sites for hydroxylation is 2. The molecule has 0 N–H and O–H groups in total. The quantitative estimate of drug-likeness (QED) is 0.869. The van der Waals surface area contributed by atoms with Crippen molar-refractivity contribution in [3.8, 4) is 5.88 Å². The van der Waals surface area contributed by atoms with E-state index in [1.54, 1.807) is 11.3 Å². The van der Waals surface area contributed by atoms with E-state index < -0.39 is 0 Å². The average molecular weight is 317 g/mol. The summed E-state index contributed by atoms with van der Waals surface area (Å²) < 4.78 is 5.91. The van der Waals surface area contributed by atoms with Gasteiger partial charge in [-0.05, 0) is 25.3 Å². The summed E-state index contributed by atoms with van der Waals surface area (Å²) in [4.78, 5) is 23.8. The molecular formula is C16H19N3O2S. The van der Waals surface area contributed by atoms with Gasteiger partial charge in [-0.1, -0.05) is 6.07 Å². The molecule has 5 nitrogen and oxygen atoms in total. The topological polar surface area (TPSA) is 55.3 Å². The second kappa shape index (κ2) is 6.44. The van der Waals surface area contributed by atoms with Gasteiger partial charge < -0.3 is 9.64 Å². The van der Waals surface area contributed by atoms with Crippen LogP contribution in [-0.4, -0.2) is 40.0 Å². The number of carbonyl (C=O) groups is 1. The van der Waals surface area contributed by atoms with E-state index in [4.69, 9.17) is 4.74 Å². The zero-order valence-electron chi connectivity index (χ0n) is 12.8. The molecular weight excluding hydrogens is 298 g/mol. The highest BCUT2D eigenvalue weighted by molar-refractivity contribution is 7.10. The number of rotatable bonds is 4. The Hall–Kier alpha value is -1.95. The van der Waals surface area contributed by atoms with Crippen LogP contribution in [0.15, 0.2) is 23.6 Å². The van der Waals surface area contributed by atoms with Crippen molar-refractivity contribution in [3.05, 3.63) is 40.0 Å². The largest absolute Gasteiger partial charge is 0.472 e. The Bertz CT molecular complexity index is 637. The maximum absolute atomic E-state index is 12.3. The highest BCUT2D eigenvalue weighted by atomic mass is 32.1. The molecule has 0 aromatic carbocycles. The van der Waals surface area contributed by atoms with Crippen LogP contribution in [0.3, 0.4) is 0 Å². The number of carbonyl (C=O) groups excluding carboxylic acids is 1. The highest BCUT2D eigenvalue weighted by Gasteiger charge is 2.28. The number of hydrogen-bond acceptors (Lipinski definition) is 5. The molecule has 0 bridgehead atoms. The first-order chi connectivity index (χ1) is 10.6. The van der Waals surface area contributed by atoms with Gasteiger partial charge in [0.05, 0.1) is 13.0 Å². The van der Waals surface area contributed by atoms with Crippen LogP contribution >= 0.6 is 11.3 Å². The van der Waals surface area contributed by atoms with Crippen LogP contribution in [0, 0.1) is 13.8 Å². The summed E-state index contributed by atoms with van der Waals surface area (Å²) in [6, 6.07) is 5.81. The maximum Gasteiger partial charge on any atom is 0.227 e. The molecule has 0 spiro atoms. The number of hydrogen-bond donors (Lipinski definition) is 0. The van der Waals surface area contributed by atoms with E-state index >= 15 is 0 Å². The van der Waals surface area contributed by atoms with E-state index in [0.29, 0.717) is 24.7 Å². The van der Waals surface area contributed by atoms with E-state index in [0.717, 1.165) is 23.5 Å². The molecule has 0 aliphatic carbocycles. The average Bonchev–Trinajstić information content (AvgIpc) is 3.09. The first-order valence-corrected chi connectivity index (χ1v) is 8.27. The fourth-order valence-corrected chi connectivity index (χ4v) is 3.33. The molecule has 3 heterocycles. The molecule has 22 heavy (non-hydrogen) atoms. The van der Waals surface area contributed by atoms with Crippen LogP contribution in [-0.2, 0) is 11.2 Å². The summed E-state index contributed by atoms with van der Waals surface area (Å²) in [6.07, 6.45) is 1.34. The van der Waals surface area contributed by atoms with E-state index in [-0.39, 0.29) is 12.0 Å². The smallest absolute Gasteiger partial charge is 0.227 e. The maximum atomic E-state index is 12.3. The van der Waals surface area contributed by atoms with Gasteiger partial charge in [-0.25, -0.2) is 4.98 Å². The van der Waals surface area contributed by atoms with Crippen molar-refractivity contribution < 1.29 is 9.53 Å². The molecule has 1 fully saturated rings. The van der Waals surface area contributed by atoms with Crippen LogP contribution in [0.1, 0.15) is 22.8 Å². The van der Waals surface area contributed by atoms with E-state index in [1.807, 2.05) is 42.3 Å². The zero-order chi connectivity index (χ0) is 15.5. The van der Waals surface area contributed by atoms with Crippen LogP contribution in [0.25, 0.3) is 0 Å². The monoisotopic (exact) mass is 317 g/mol. The Morgan fingerprint density at radius 2 is 2.32 bits per heavy atom. The van der Waals surface area contributed by atoms with Crippen LogP contribution in [0.2, 0.25) is 0 Å². The van der Waals surface area contributed by atoms with Crippen molar-refractivity contribution in [1.29, 1.82) is 0 Å². The zero-order valence-corrected chi connectivity index (χ0v) is 13.6. The lowest BCUT2D eigenvalue weighted by atomic mass is 10.3. The van der Waals surface area contributed by atoms with Gasteiger partial charge in [0.2, 0.25) is 11.8 Å². The first kappa shape index (κ1) is 15.0. The molecule has 2 aromatic rings. The van der Waals surface area contributed by atoms with Gasteiger partial charge in [0.1, 0.15) is 11.9 Å². The number of ether oxygens (including phenoxy) is 1. The first-order valence-electron chi connectivity index (χ1n) is 7.39. The molecule has 0 unspecified atom stereocenters. The van der Waals surface area contributed by atoms with Crippen LogP contribution < -0.4 is 4.74 Å². The second-order valence-electron chi connectivity index (χ2n) is 5.52. The Labute approximate surface area is 134 Å². The molecule has 1 saturated heterocycles. The standard InChI is InChI=1S/C16H19N3O2S/c1-11-8-15(18-12(2)17-11)21-13-5-6-19(10-13)16(20)9-14-4-3-7-22-14/h3-4,7-8,13H,5-6,9-10H2,1-2H3/t13-/m1/s1. The van der Waals surface area contributed by atoms with E-state index in [2.05, 4.69) is 9.97 Å². The van der Waals surface area contributed by atoms with Gasteiger partial charge in [0.25, 0.3) is 0 Å². The summed E-state index contributed by atoms with van der Waals surface area (Å²) in [5.74, 6) is 1.48. The third-order valence-electron chi connectivity index (χ3n) is 3.63. The molecule has 6 heteroatoms. The summed E-state index contributed by atoms with van der Waals surface area (Å²) in [5, 5.41) is 2.00. The number of likely N-dealkylation sites (tertiary alicyclic amines) is 1. The Balaban J connectivity index is 1.56. The van der Waals surface area contributed by atoms with Crippen LogP contribution in [0.5, 0.6) is 5.88 Å².